The van der Waals surface area contributed by atoms with Crippen LogP contribution in [-0.4, -0.2) is 68.4 Å². The van der Waals surface area contributed by atoms with Crippen LogP contribution in [0.15, 0.2) is 72.8 Å². The number of anilines is 1. The quantitative estimate of drug-likeness (QED) is 0.197. The van der Waals surface area contributed by atoms with Crippen molar-refractivity contribution in [2.45, 2.75) is 13.5 Å². The van der Waals surface area contributed by atoms with Crippen LogP contribution in [0.1, 0.15) is 27.2 Å². The number of ether oxygens (including phenoxy) is 1. The van der Waals surface area contributed by atoms with Crippen LogP contribution in [0, 0.1) is 6.92 Å². The predicted octanol–water partition coefficient (Wildman–Crippen LogP) is 5.51. The van der Waals surface area contributed by atoms with Crippen LogP contribution in [0.2, 0.25) is 10.0 Å². The SMILES string of the molecule is Cc1ccc2cccc(OCc3c(Cl)ccc(N(C)C(=O)CNC(=O)C=Cc4ccc(C(=O)NCCN(C)C)cc4)c3Cl)c2n1. The fourth-order valence-corrected chi connectivity index (χ4v) is 4.95. The van der Waals surface area contributed by atoms with Gasteiger partial charge in [-0.1, -0.05) is 53.5 Å². The smallest absolute Gasteiger partial charge is 0.251 e. The molecule has 9 nitrogen and oxygen atoms in total. The molecule has 0 unspecified atom stereocenters. The van der Waals surface area contributed by atoms with Crippen LogP contribution >= 0.6 is 23.2 Å². The van der Waals surface area contributed by atoms with Gasteiger partial charge < -0.3 is 25.2 Å². The van der Waals surface area contributed by atoms with Crippen molar-refractivity contribution in [1.29, 1.82) is 0 Å². The standard InChI is InChI=1S/C34H35Cl2N5O4/c1-22-8-12-24-6-5-7-29(33(24)39-22)45-21-26-27(35)15-16-28(32(26)36)41(4)31(43)20-38-30(42)17-11-23-9-13-25(14-10-23)34(44)37-18-19-40(2)3/h5-17H,18-21H2,1-4H3,(H,37,44)(H,38,42). The topological polar surface area (TPSA) is 104 Å². The molecule has 1 heterocycles. The second kappa shape index (κ2) is 15.5. The Balaban J connectivity index is 1.33. The Hall–Kier alpha value is -4.44. The number of rotatable bonds is 12. The molecule has 0 saturated heterocycles. The van der Waals surface area contributed by atoms with Crippen molar-refractivity contribution in [3.63, 3.8) is 0 Å². The summed E-state index contributed by atoms with van der Waals surface area (Å²) < 4.78 is 6.08. The third-order valence-corrected chi connectivity index (χ3v) is 7.73. The number of para-hydroxylation sites is 1. The number of aromatic nitrogens is 1. The van der Waals surface area contributed by atoms with Crippen LogP contribution in [0.4, 0.5) is 5.69 Å². The van der Waals surface area contributed by atoms with Gasteiger partial charge in [-0.3, -0.25) is 14.4 Å². The molecule has 0 aliphatic rings. The summed E-state index contributed by atoms with van der Waals surface area (Å²) in [6.07, 6.45) is 2.93. The molecule has 2 N–H and O–H groups in total. The Labute approximate surface area is 272 Å². The summed E-state index contributed by atoms with van der Waals surface area (Å²) in [5.41, 5.74) is 3.80. The first-order valence-electron chi connectivity index (χ1n) is 14.2. The van der Waals surface area contributed by atoms with Gasteiger partial charge in [-0.2, -0.15) is 0 Å². The van der Waals surface area contributed by atoms with E-state index >= 15 is 0 Å². The lowest BCUT2D eigenvalue weighted by atomic mass is 10.1. The molecule has 0 aliphatic carbocycles. The highest BCUT2D eigenvalue weighted by atomic mass is 35.5. The largest absolute Gasteiger partial charge is 0.487 e. The van der Waals surface area contributed by atoms with Gasteiger partial charge in [-0.25, -0.2) is 4.98 Å². The molecule has 4 aromatic rings. The number of nitrogens with one attached hydrogen (secondary N) is 2. The monoisotopic (exact) mass is 647 g/mol. The Morgan fingerprint density at radius 2 is 1.69 bits per heavy atom. The minimum absolute atomic E-state index is 0.0614. The molecule has 11 heteroatoms. The lowest BCUT2D eigenvalue weighted by molar-refractivity contribution is -0.122. The first kappa shape index (κ1) is 33.5. The highest BCUT2D eigenvalue weighted by molar-refractivity contribution is 6.38. The maximum atomic E-state index is 13.0. The van der Waals surface area contributed by atoms with Gasteiger partial charge in [0.1, 0.15) is 17.9 Å². The normalized spacial score (nSPS) is 11.2. The van der Waals surface area contributed by atoms with E-state index in [-0.39, 0.29) is 30.0 Å². The van der Waals surface area contributed by atoms with Crippen molar-refractivity contribution in [3.05, 3.63) is 105 Å². The summed E-state index contributed by atoms with van der Waals surface area (Å²) in [7, 11) is 5.44. The van der Waals surface area contributed by atoms with Crippen molar-refractivity contribution in [3.8, 4) is 5.75 Å². The fourth-order valence-electron chi connectivity index (χ4n) is 4.35. The van der Waals surface area contributed by atoms with Gasteiger partial charge >= 0.3 is 0 Å². The number of aryl methyl sites for hydroxylation is 1. The average Bonchev–Trinajstić information content (AvgIpc) is 3.02. The zero-order valence-corrected chi connectivity index (χ0v) is 27.1. The molecule has 45 heavy (non-hydrogen) atoms. The maximum Gasteiger partial charge on any atom is 0.251 e. The van der Waals surface area contributed by atoms with Crippen LogP contribution < -0.4 is 20.3 Å². The first-order chi connectivity index (χ1) is 21.5. The summed E-state index contributed by atoms with van der Waals surface area (Å²) in [4.78, 5) is 45.6. The van der Waals surface area contributed by atoms with Crippen molar-refractivity contribution < 1.29 is 19.1 Å². The number of pyridine rings is 1. The van der Waals surface area contributed by atoms with E-state index in [9.17, 15) is 14.4 Å². The minimum atomic E-state index is -0.447. The number of carbonyl (C=O) groups excluding carboxylic acids is 3. The molecule has 0 spiro atoms. The van der Waals surface area contributed by atoms with E-state index < -0.39 is 5.91 Å². The van der Waals surface area contributed by atoms with Crippen LogP contribution in [0.25, 0.3) is 17.0 Å². The summed E-state index contributed by atoms with van der Waals surface area (Å²) in [6, 6.07) is 19.7. The van der Waals surface area contributed by atoms with Gasteiger partial charge in [0.2, 0.25) is 11.8 Å². The molecule has 1 aromatic heterocycles. The third kappa shape index (κ3) is 9.04. The maximum absolute atomic E-state index is 13.0. The van der Waals surface area contributed by atoms with Gasteiger partial charge in [0.05, 0.1) is 17.3 Å². The van der Waals surface area contributed by atoms with Crippen LogP contribution in [0.3, 0.4) is 0 Å². The average molecular weight is 649 g/mol. The zero-order chi connectivity index (χ0) is 32.5. The van der Waals surface area contributed by atoms with E-state index in [4.69, 9.17) is 27.9 Å². The summed E-state index contributed by atoms with van der Waals surface area (Å²) >= 11 is 13.2. The summed E-state index contributed by atoms with van der Waals surface area (Å²) in [6.45, 7) is 3.01. The van der Waals surface area contributed by atoms with E-state index in [0.717, 1.165) is 28.7 Å². The van der Waals surface area contributed by atoms with Gasteiger partial charge in [-0.15, -0.1) is 0 Å². The van der Waals surface area contributed by atoms with Crippen LogP contribution in [-0.2, 0) is 16.2 Å². The number of hydrogen-bond donors (Lipinski definition) is 2. The molecule has 0 radical (unpaired) electrons. The molecule has 0 aliphatic heterocycles. The van der Waals surface area contributed by atoms with E-state index in [0.29, 0.717) is 34.1 Å². The Kier molecular flexibility index (Phi) is 11.5. The van der Waals surface area contributed by atoms with Crippen molar-refractivity contribution >= 4 is 63.6 Å². The molecular formula is C34H35Cl2N5O4. The molecule has 0 atom stereocenters. The first-order valence-corrected chi connectivity index (χ1v) is 15.0. The van der Waals surface area contributed by atoms with Gasteiger partial charge in [0, 0.05) is 53.4 Å². The Bertz CT molecular complexity index is 1720. The molecule has 0 saturated carbocycles. The van der Waals surface area contributed by atoms with E-state index in [1.165, 1.54) is 11.0 Å². The number of carbonyl (C=O) groups is 3. The van der Waals surface area contributed by atoms with E-state index in [2.05, 4.69) is 15.6 Å². The number of halogens is 2. The third-order valence-electron chi connectivity index (χ3n) is 6.95. The zero-order valence-electron chi connectivity index (χ0n) is 25.6. The molecule has 0 fully saturated rings. The van der Waals surface area contributed by atoms with E-state index in [1.807, 2.05) is 56.3 Å². The van der Waals surface area contributed by atoms with Crippen molar-refractivity contribution in [2.75, 3.05) is 45.7 Å². The van der Waals surface area contributed by atoms with Gasteiger partial charge in [0.15, 0.2) is 0 Å². The lowest BCUT2D eigenvalue weighted by Gasteiger charge is -2.21. The fraction of sp³-hybridized carbons (Fsp3) is 0.235. The Morgan fingerprint density at radius 1 is 0.933 bits per heavy atom. The van der Waals surface area contributed by atoms with E-state index in [1.54, 1.807) is 49.5 Å². The second-order valence-electron chi connectivity index (χ2n) is 10.6. The van der Waals surface area contributed by atoms with Gasteiger partial charge in [-0.05, 0) is 69.1 Å². The highest BCUT2D eigenvalue weighted by Crippen LogP contribution is 2.35. The predicted molar refractivity (Wildman–Crippen MR) is 180 cm³/mol. The van der Waals surface area contributed by atoms with Gasteiger partial charge in [0.25, 0.3) is 5.91 Å². The highest BCUT2D eigenvalue weighted by Gasteiger charge is 2.19. The van der Waals surface area contributed by atoms with Crippen molar-refractivity contribution in [2.24, 2.45) is 0 Å². The lowest BCUT2D eigenvalue weighted by Crippen LogP contribution is -2.37. The van der Waals surface area contributed by atoms with Crippen LogP contribution in [0.5, 0.6) is 5.75 Å². The molecule has 3 aromatic carbocycles. The molecule has 0 bridgehead atoms. The summed E-state index contributed by atoms with van der Waals surface area (Å²) in [5, 5.41) is 7.05. The summed E-state index contributed by atoms with van der Waals surface area (Å²) in [5.74, 6) is -0.403. The number of hydrogen-bond acceptors (Lipinski definition) is 6. The number of likely N-dealkylation sites (N-methyl/N-ethyl adjacent to an activating group) is 2. The van der Waals surface area contributed by atoms with Crippen molar-refractivity contribution in [1.82, 2.24) is 20.5 Å². The number of benzene rings is 3. The Morgan fingerprint density at radius 3 is 2.42 bits per heavy atom. The molecular weight excluding hydrogens is 613 g/mol. The number of amides is 3. The molecule has 4 rings (SSSR count). The minimum Gasteiger partial charge on any atom is -0.487 e. The second-order valence-corrected chi connectivity index (χ2v) is 11.4. The number of fused-ring (bicyclic) bond motifs is 1. The molecule has 234 valence electrons. The molecule has 3 amide bonds. The number of nitrogens with zero attached hydrogens (tertiary/aromatic N) is 3.